The standard InChI is InChI=1S/C7H8O6S2/c1-5-3-2-4-6(14(8,9)10)7(5)15(11,12)13/h2-4H,1H3,(H,8,9,10)(H,11,12,13)/p-2. The Hall–Kier alpha value is -0.960. The summed E-state index contributed by atoms with van der Waals surface area (Å²) in [5.74, 6) is 0. The summed E-state index contributed by atoms with van der Waals surface area (Å²) >= 11 is 0. The van der Waals surface area contributed by atoms with Crippen molar-refractivity contribution in [3.63, 3.8) is 0 Å². The summed E-state index contributed by atoms with van der Waals surface area (Å²) in [6.07, 6.45) is 0. The third-order valence-corrected chi connectivity index (χ3v) is 3.75. The zero-order valence-corrected chi connectivity index (χ0v) is 9.13. The highest BCUT2D eigenvalue weighted by atomic mass is 32.2. The van der Waals surface area contributed by atoms with Crippen molar-refractivity contribution in [2.24, 2.45) is 0 Å². The van der Waals surface area contributed by atoms with Crippen molar-refractivity contribution in [1.29, 1.82) is 0 Å². The van der Waals surface area contributed by atoms with Gasteiger partial charge in [-0.1, -0.05) is 12.1 Å². The van der Waals surface area contributed by atoms with Crippen molar-refractivity contribution in [2.45, 2.75) is 16.7 Å². The van der Waals surface area contributed by atoms with Gasteiger partial charge in [-0.3, -0.25) is 0 Å². The smallest absolute Gasteiger partial charge is 0.125 e. The van der Waals surface area contributed by atoms with Crippen LogP contribution in [0, 0.1) is 6.92 Å². The Morgan fingerprint density at radius 1 is 1.00 bits per heavy atom. The number of hydrogen-bond acceptors (Lipinski definition) is 6. The van der Waals surface area contributed by atoms with Crippen LogP contribution in [0.5, 0.6) is 0 Å². The summed E-state index contributed by atoms with van der Waals surface area (Å²) in [5, 5.41) is 0. The molecule has 0 N–H and O–H groups in total. The molecule has 0 aromatic heterocycles. The van der Waals surface area contributed by atoms with Gasteiger partial charge in [0.2, 0.25) is 0 Å². The van der Waals surface area contributed by atoms with Gasteiger partial charge >= 0.3 is 0 Å². The van der Waals surface area contributed by atoms with Gasteiger partial charge in [-0.25, -0.2) is 16.8 Å². The van der Waals surface area contributed by atoms with E-state index in [9.17, 15) is 25.9 Å². The maximum atomic E-state index is 10.8. The normalized spacial score (nSPS) is 12.7. The molecule has 1 aromatic rings. The summed E-state index contributed by atoms with van der Waals surface area (Å²) in [6.45, 7) is 1.24. The van der Waals surface area contributed by atoms with E-state index < -0.39 is 30.0 Å². The lowest BCUT2D eigenvalue weighted by Gasteiger charge is -2.17. The molecule has 0 radical (unpaired) electrons. The minimum absolute atomic E-state index is 0.0677. The maximum Gasteiger partial charge on any atom is 0.125 e. The average Bonchev–Trinajstić information content (AvgIpc) is 1.99. The molecule has 8 heteroatoms. The van der Waals surface area contributed by atoms with Gasteiger partial charge in [0.1, 0.15) is 20.2 Å². The van der Waals surface area contributed by atoms with Crippen molar-refractivity contribution in [3.05, 3.63) is 23.8 Å². The van der Waals surface area contributed by atoms with Crippen LogP contribution in [-0.4, -0.2) is 25.9 Å². The fourth-order valence-corrected chi connectivity index (χ4v) is 3.17. The molecule has 0 aliphatic carbocycles. The van der Waals surface area contributed by atoms with E-state index in [1.165, 1.54) is 19.1 Å². The molecule has 6 nitrogen and oxygen atoms in total. The molecule has 84 valence electrons. The van der Waals surface area contributed by atoms with Crippen LogP contribution in [0.2, 0.25) is 0 Å². The molecule has 0 bridgehead atoms. The number of benzene rings is 1. The molecule has 0 unspecified atom stereocenters. The first-order chi connectivity index (χ1) is 6.64. The molecule has 0 amide bonds. The molecular weight excluding hydrogens is 244 g/mol. The van der Waals surface area contributed by atoms with Crippen molar-refractivity contribution in [1.82, 2.24) is 0 Å². The van der Waals surface area contributed by atoms with E-state index in [1.54, 1.807) is 0 Å². The summed E-state index contributed by atoms with van der Waals surface area (Å²) in [5.41, 5.74) is -0.0677. The Balaban J connectivity index is 3.79. The molecule has 0 heterocycles. The lowest BCUT2D eigenvalue weighted by atomic mass is 10.2. The Labute approximate surface area is 87.1 Å². The van der Waals surface area contributed by atoms with Gasteiger partial charge in [0.15, 0.2) is 0 Å². The monoisotopic (exact) mass is 250 g/mol. The van der Waals surface area contributed by atoms with Crippen LogP contribution in [0.3, 0.4) is 0 Å². The molecule has 1 aromatic carbocycles. The fourth-order valence-electron chi connectivity index (χ4n) is 1.14. The second-order valence-corrected chi connectivity index (χ2v) is 5.47. The highest BCUT2D eigenvalue weighted by molar-refractivity contribution is 7.89. The third-order valence-electron chi connectivity index (χ3n) is 1.70. The second kappa shape index (κ2) is 3.56. The van der Waals surface area contributed by atoms with Gasteiger partial charge in [0.05, 0.1) is 9.79 Å². The van der Waals surface area contributed by atoms with E-state index in [0.717, 1.165) is 6.07 Å². The first kappa shape index (κ1) is 12.1. The zero-order chi connectivity index (χ0) is 11.9. The van der Waals surface area contributed by atoms with Gasteiger partial charge in [-0.2, -0.15) is 0 Å². The van der Waals surface area contributed by atoms with Crippen LogP contribution in [-0.2, 0) is 20.2 Å². The van der Waals surface area contributed by atoms with Crippen molar-refractivity contribution in [3.8, 4) is 0 Å². The molecule has 0 aliphatic rings. The lowest BCUT2D eigenvalue weighted by molar-refractivity contribution is 0.446. The van der Waals surface area contributed by atoms with E-state index in [2.05, 4.69) is 0 Å². The maximum absolute atomic E-state index is 10.8. The highest BCUT2D eigenvalue weighted by Gasteiger charge is 2.16. The molecule has 0 spiro atoms. The molecule has 0 saturated carbocycles. The number of rotatable bonds is 2. The Morgan fingerprint density at radius 2 is 1.53 bits per heavy atom. The van der Waals surface area contributed by atoms with Gasteiger partial charge in [-0.15, -0.1) is 0 Å². The molecule has 15 heavy (non-hydrogen) atoms. The van der Waals surface area contributed by atoms with Crippen LogP contribution in [0.1, 0.15) is 5.56 Å². The quantitative estimate of drug-likeness (QED) is 0.671. The summed E-state index contributed by atoms with van der Waals surface area (Å²) in [7, 11) is -9.94. The average molecular weight is 250 g/mol. The van der Waals surface area contributed by atoms with Crippen LogP contribution in [0.4, 0.5) is 0 Å². The Kier molecular flexibility index (Phi) is 2.88. The van der Waals surface area contributed by atoms with E-state index in [4.69, 9.17) is 0 Å². The molecule has 0 fully saturated rings. The summed E-state index contributed by atoms with van der Waals surface area (Å²) in [6, 6.07) is 3.22. The van der Waals surface area contributed by atoms with Gasteiger partial charge in [0, 0.05) is 0 Å². The van der Waals surface area contributed by atoms with Crippen molar-refractivity contribution in [2.75, 3.05) is 0 Å². The van der Waals surface area contributed by atoms with Crippen LogP contribution in [0.15, 0.2) is 28.0 Å². The van der Waals surface area contributed by atoms with E-state index in [-0.39, 0.29) is 5.56 Å². The largest absolute Gasteiger partial charge is 0.744 e. The minimum atomic E-state index is -4.98. The first-order valence-electron chi connectivity index (χ1n) is 3.65. The molecular formula is C7H6O6S2-2. The minimum Gasteiger partial charge on any atom is -0.744 e. The summed E-state index contributed by atoms with van der Waals surface area (Å²) in [4.78, 5) is -1.97. The fraction of sp³-hybridized carbons (Fsp3) is 0.143. The van der Waals surface area contributed by atoms with Crippen LogP contribution < -0.4 is 0 Å². The molecule has 0 aliphatic heterocycles. The number of hydrogen-bond donors (Lipinski definition) is 0. The van der Waals surface area contributed by atoms with E-state index >= 15 is 0 Å². The van der Waals surface area contributed by atoms with E-state index in [0.29, 0.717) is 0 Å². The van der Waals surface area contributed by atoms with Crippen molar-refractivity contribution >= 4 is 20.2 Å². The topological polar surface area (TPSA) is 114 Å². The predicted octanol–water partition coefficient (Wildman–Crippen LogP) is -0.197. The molecule has 0 atom stereocenters. The third kappa shape index (κ3) is 2.53. The second-order valence-electron chi connectivity index (χ2n) is 2.81. The molecule has 1 rings (SSSR count). The first-order valence-corrected chi connectivity index (χ1v) is 6.47. The molecule has 0 saturated heterocycles. The lowest BCUT2D eigenvalue weighted by Crippen LogP contribution is -2.10. The Morgan fingerprint density at radius 3 is 1.87 bits per heavy atom. The highest BCUT2D eigenvalue weighted by Crippen LogP contribution is 2.23. The van der Waals surface area contributed by atoms with Gasteiger partial charge < -0.3 is 9.11 Å². The Bertz CT molecular complexity index is 584. The van der Waals surface area contributed by atoms with E-state index in [1.807, 2.05) is 0 Å². The predicted molar refractivity (Wildman–Crippen MR) is 47.1 cm³/mol. The van der Waals surface area contributed by atoms with Gasteiger partial charge in [-0.05, 0) is 18.6 Å². The zero-order valence-electron chi connectivity index (χ0n) is 7.50. The summed E-state index contributed by atoms with van der Waals surface area (Å²) < 4.78 is 64.4. The van der Waals surface area contributed by atoms with Gasteiger partial charge in [0.25, 0.3) is 0 Å². The SMILES string of the molecule is Cc1cccc(S(=O)(=O)[O-])c1S(=O)(=O)[O-]. The van der Waals surface area contributed by atoms with Crippen LogP contribution >= 0.6 is 0 Å². The van der Waals surface area contributed by atoms with Crippen LogP contribution in [0.25, 0.3) is 0 Å². The van der Waals surface area contributed by atoms with Crippen molar-refractivity contribution < 1.29 is 25.9 Å². The number of aryl methyl sites for hydroxylation is 1.